The monoisotopic (exact) mass is 258 g/mol. The number of likely N-dealkylation sites (tertiary alicyclic amines) is 1. The van der Waals surface area contributed by atoms with Crippen LogP contribution >= 0.6 is 12.2 Å². The highest BCUT2D eigenvalue weighted by atomic mass is 32.1. The molecule has 1 aliphatic rings. The molecule has 0 saturated carbocycles. The Labute approximate surface area is 108 Å². The van der Waals surface area contributed by atoms with Gasteiger partial charge in [0.2, 0.25) is 5.91 Å². The zero-order valence-corrected chi connectivity index (χ0v) is 11.6. The Morgan fingerprint density at radius 1 is 1.53 bits per heavy atom. The summed E-state index contributed by atoms with van der Waals surface area (Å²) in [6, 6.07) is 0. The maximum absolute atomic E-state index is 12.5. The van der Waals surface area contributed by atoms with Crippen LogP contribution in [0.2, 0.25) is 0 Å². The predicted octanol–water partition coefficient (Wildman–Crippen LogP) is 1.06. The molecule has 5 heteroatoms. The highest BCUT2D eigenvalue weighted by Gasteiger charge is 2.44. The van der Waals surface area contributed by atoms with Gasteiger partial charge in [0.05, 0.1) is 16.0 Å². The van der Waals surface area contributed by atoms with E-state index in [1.54, 1.807) is 11.8 Å². The Hall–Kier alpha value is -0.680. The molecule has 1 unspecified atom stereocenters. The average Bonchev–Trinajstić information content (AvgIpc) is 2.60. The first-order valence-corrected chi connectivity index (χ1v) is 6.51. The predicted molar refractivity (Wildman–Crippen MR) is 71.6 cm³/mol. The van der Waals surface area contributed by atoms with Gasteiger partial charge < -0.3 is 15.7 Å². The summed E-state index contributed by atoms with van der Waals surface area (Å²) < 4.78 is 0. The minimum atomic E-state index is -0.779. The van der Waals surface area contributed by atoms with Crippen LogP contribution in [-0.4, -0.2) is 39.6 Å². The van der Waals surface area contributed by atoms with Crippen LogP contribution in [0.1, 0.15) is 40.0 Å². The third-order valence-corrected chi connectivity index (χ3v) is 4.22. The number of thiocarbonyl (C=S) groups is 1. The van der Waals surface area contributed by atoms with E-state index < -0.39 is 11.0 Å². The third kappa shape index (κ3) is 2.60. The molecule has 0 aromatic rings. The van der Waals surface area contributed by atoms with Gasteiger partial charge in [-0.1, -0.05) is 26.1 Å². The van der Waals surface area contributed by atoms with Crippen LogP contribution in [0.3, 0.4) is 0 Å². The molecular weight excluding hydrogens is 236 g/mol. The van der Waals surface area contributed by atoms with Crippen LogP contribution in [0.25, 0.3) is 0 Å². The summed E-state index contributed by atoms with van der Waals surface area (Å²) in [4.78, 5) is 14.5. The third-order valence-electron chi connectivity index (χ3n) is 3.83. The molecule has 98 valence electrons. The van der Waals surface area contributed by atoms with E-state index in [0.717, 1.165) is 0 Å². The van der Waals surface area contributed by atoms with Gasteiger partial charge >= 0.3 is 0 Å². The molecule has 0 radical (unpaired) electrons. The standard InChI is InChI=1S/C12H22N2O2S/c1-4-12(5-2,9(13)17)10(15)14-7-6-11(3,16)8-14/h16H,4-8H2,1-3H3,(H2,13,17). The van der Waals surface area contributed by atoms with Crippen molar-refractivity contribution in [1.82, 2.24) is 4.90 Å². The maximum Gasteiger partial charge on any atom is 0.235 e. The number of nitrogens with two attached hydrogens (primary N) is 1. The first kappa shape index (κ1) is 14.4. The van der Waals surface area contributed by atoms with E-state index in [9.17, 15) is 9.90 Å². The van der Waals surface area contributed by atoms with E-state index in [-0.39, 0.29) is 10.9 Å². The topological polar surface area (TPSA) is 66.6 Å². The van der Waals surface area contributed by atoms with Gasteiger partial charge in [-0.05, 0) is 26.2 Å². The van der Waals surface area contributed by atoms with Crippen molar-refractivity contribution in [2.75, 3.05) is 13.1 Å². The van der Waals surface area contributed by atoms with E-state index in [1.807, 2.05) is 13.8 Å². The van der Waals surface area contributed by atoms with Crippen molar-refractivity contribution < 1.29 is 9.90 Å². The highest BCUT2D eigenvalue weighted by molar-refractivity contribution is 7.80. The van der Waals surface area contributed by atoms with Crippen molar-refractivity contribution in [2.24, 2.45) is 11.1 Å². The molecule has 1 amide bonds. The van der Waals surface area contributed by atoms with E-state index in [4.69, 9.17) is 18.0 Å². The zero-order valence-electron chi connectivity index (χ0n) is 10.8. The average molecular weight is 258 g/mol. The summed E-state index contributed by atoms with van der Waals surface area (Å²) in [5, 5.41) is 9.91. The van der Waals surface area contributed by atoms with Gasteiger partial charge in [-0.15, -0.1) is 0 Å². The Kier molecular flexibility index (Phi) is 4.15. The lowest BCUT2D eigenvalue weighted by Crippen LogP contribution is -2.50. The summed E-state index contributed by atoms with van der Waals surface area (Å²) in [6.45, 7) is 6.55. The lowest BCUT2D eigenvalue weighted by Gasteiger charge is -2.33. The fraction of sp³-hybridized carbons (Fsp3) is 0.833. The van der Waals surface area contributed by atoms with Gasteiger partial charge in [-0.3, -0.25) is 4.79 Å². The fourth-order valence-corrected chi connectivity index (χ4v) is 2.80. The van der Waals surface area contributed by atoms with Gasteiger partial charge in [0.15, 0.2) is 0 Å². The molecule has 17 heavy (non-hydrogen) atoms. The molecule has 0 aliphatic carbocycles. The van der Waals surface area contributed by atoms with Crippen LogP contribution in [-0.2, 0) is 4.79 Å². The summed E-state index contributed by atoms with van der Waals surface area (Å²) in [5.74, 6) is -0.0345. The summed E-state index contributed by atoms with van der Waals surface area (Å²) in [7, 11) is 0. The first-order valence-electron chi connectivity index (χ1n) is 6.11. The van der Waals surface area contributed by atoms with Crippen molar-refractivity contribution in [3.8, 4) is 0 Å². The molecule has 4 nitrogen and oxygen atoms in total. The Balaban J connectivity index is 2.91. The van der Waals surface area contributed by atoms with Crippen molar-refractivity contribution in [3.63, 3.8) is 0 Å². The SMILES string of the molecule is CCC(CC)(C(=O)N1CCC(C)(O)C1)C(N)=S. The molecule has 1 saturated heterocycles. The molecule has 1 atom stereocenters. The molecule has 1 aliphatic heterocycles. The molecule has 0 bridgehead atoms. The second kappa shape index (κ2) is 4.90. The lowest BCUT2D eigenvalue weighted by atomic mass is 9.80. The number of rotatable bonds is 4. The molecule has 1 fully saturated rings. The number of hydrogen-bond donors (Lipinski definition) is 2. The maximum atomic E-state index is 12.5. The second-order valence-corrected chi connectivity index (χ2v) is 5.57. The Morgan fingerprint density at radius 2 is 2.06 bits per heavy atom. The molecule has 3 N–H and O–H groups in total. The van der Waals surface area contributed by atoms with Crippen molar-refractivity contribution in [1.29, 1.82) is 0 Å². The number of aliphatic hydroxyl groups is 1. The van der Waals surface area contributed by atoms with Crippen LogP contribution in [0, 0.1) is 5.41 Å². The van der Waals surface area contributed by atoms with E-state index in [1.165, 1.54) is 0 Å². The largest absolute Gasteiger partial charge is 0.392 e. The van der Waals surface area contributed by atoms with Crippen LogP contribution in [0.4, 0.5) is 0 Å². The highest BCUT2D eigenvalue weighted by Crippen LogP contribution is 2.32. The van der Waals surface area contributed by atoms with E-state index >= 15 is 0 Å². The molecule has 0 spiro atoms. The number of hydrogen-bond acceptors (Lipinski definition) is 3. The van der Waals surface area contributed by atoms with Gasteiger partial charge in [0.25, 0.3) is 0 Å². The van der Waals surface area contributed by atoms with Gasteiger partial charge in [0.1, 0.15) is 0 Å². The van der Waals surface area contributed by atoms with Crippen molar-refractivity contribution in [2.45, 2.75) is 45.6 Å². The first-order chi connectivity index (χ1) is 7.79. The number of nitrogens with zero attached hydrogens (tertiary/aromatic N) is 1. The Morgan fingerprint density at radius 3 is 2.35 bits per heavy atom. The quantitative estimate of drug-likeness (QED) is 0.740. The minimum absolute atomic E-state index is 0.0345. The fourth-order valence-electron chi connectivity index (χ4n) is 2.43. The summed E-state index contributed by atoms with van der Waals surface area (Å²) >= 11 is 5.06. The van der Waals surface area contributed by atoms with Crippen LogP contribution in [0.15, 0.2) is 0 Å². The number of carbonyl (C=O) groups is 1. The van der Waals surface area contributed by atoms with Gasteiger partial charge in [0, 0.05) is 13.1 Å². The van der Waals surface area contributed by atoms with Crippen LogP contribution < -0.4 is 5.73 Å². The molecular formula is C12H22N2O2S. The van der Waals surface area contributed by atoms with Gasteiger partial charge in [-0.2, -0.15) is 0 Å². The normalized spacial score (nSPS) is 25.1. The van der Waals surface area contributed by atoms with Crippen molar-refractivity contribution >= 4 is 23.1 Å². The smallest absolute Gasteiger partial charge is 0.235 e. The molecule has 0 aromatic heterocycles. The lowest BCUT2D eigenvalue weighted by molar-refractivity contribution is -0.138. The number of amides is 1. The number of β-amino-alcohol motifs (C(OH)–C–C–N with tert-alkyl or cyclic N) is 1. The molecule has 1 heterocycles. The van der Waals surface area contributed by atoms with E-state index in [2.05, 4.69) is 0 Å². The Bertz CT molecular complexity index is 324. The van der Waals surface area contributed by atoms with Crippen molar-refractivity contribution in [3.05, 3.63) is 0 Å². The molecule has 1 rings (SSSR count). The summed E-state index contributed by atoms with van der Waals surface area (Å²) in [6.07, 6.45) is 1.83. The van der Waals surface area contributed by atoms with Gasteiger partial charge in [-0.25, -0.2) is 0 Å². The minimum Gasteiger partial charge on any atom is -0.392 e. The summed E-state index contributed by atoms with van der Waals surface area (Å²) in [5.41, 5.74) is 4.23. The van der Waals surface area contributed by atoms with E-state index in [0.29, 0.717) is 32.4 Å². The molecule has 0 aromatic carbocycles. The second-order valence-electron chi connectivity index (χ2n) is 5.13. The number of carbonyl (C=O) groups excluding carboxylic acids is 1. The zero-order chi connectivity index (χ0) is 13.3. The van der Waals surface area contributed by atoms with Crippen LogP contribution in [0.5, 0.6) is 0 Å².